The third-order valence-corrected chi connectivity index (χ3v) is 0.929. The number of ether oxygens (including phenoxy) is 2. The molecule has 0 aromatic carbocycles. The lowest BCUT2D eigenvalue weighted by molar-refractivity contribution is -0.140. The normalized spacial score (nSPS) is 8.73. The molecule has 0 rings (SSSR count). The molecule has 86 valence electrons. The molecule has 0 aromatic rings. The Morgan fingerprint density at radius 3 is 1.60 bits per heavy atom. The molecule has 0 heterocycles. The van der Waals surface area contributed by atoms with E-state index in [1.807, 2.05) is 0 Å². The Morgan fingerprint density at radius 2 is 1.40 bits per heavy atom. The molecule has 0 unspecified atom stereocenters. The van der Waals surface area contributed by atoms with Crippen LogP contribution in [0.4, 0.5) is 0 Å². The van der Waals surface area contributed by atoms with E-state index in [4.69, 9.17) is 11.6 Å². The van der Waals surface area contributed by atoms with Crippen LogP contribution in [0.5, 0.6) is 0 Å². The van der Waals surface area contributed by atoms with Crippen molar-refractivity contribution >= 4 is 23.5 Å². The minimum Gasteiger partial charge on any atom is -0.463 e. The van der Waals surface area contributed by atoms with Gasteiger partial charge in [-0.25, -0.2) is 9.59 Å². The molecule has 0 bridgehead atoms. The highest BCUT2D eigenvalue weighted by atomic mass is 35.5. The van der Waals surface area contributed by atoms with Gasteiger partial charge in [0.05, 0.1) is 13.2 Å². The molecule has 0 amide bonds. The van der Waals surface area contributed by atoms with Gasteiger partial charge in [-0.2, -0.15) is 0 Å². The highest BCUT2D eigenvalue weighted by molar-refractivity contribution is 6.25. The number of carbonyl (C=O) groups is 2. The lowest BCUT2D eigenvalue weighted by Gasteiger charge is -1.95. The number of rotatable bonds is 4. The Labute approximate surface area is 94.5 Å². The second-order valence-electron chi connectivity index (χ2n) is 1.99. The van der Waals surface area contributed by atoms with Crippen molar-refractivity contribution < 1.29 is 19.1 Å². The summed E-state index contributed by atoms with van der Waals surface area (Å²) >= 11 is 4.76. The summed E-state index contributed by atoms with van der Waals surface area (Å²) in [6.45, 7) is 7.10. The van der Waals surface area contributed by atoms with Crippen molar-refractivity contribution in [3.05, 3.63) is 24.3 Å². The lowest BCUT2D eigenvalue weighted by Crippen LogP contribution is -2.03. The molecule has 0 radical (unpaired) electrons. The Morgan fingerprint density at radius 1 is 1.13 bits per heavy atom. The summed E-state index contributed by atoms with van der Waals surface area (Å²) in [5.41, 5.74) is 1.22. The Kier molecular flexibility index (Phi) is 13.7. The first-order valence-electron chi connectivity index (χ1n) is 4.35. The summed E-state index contributed by atoms with van der Waals surface area (Å²) in [6.07, 6.45) is 2.09. The van der Waals surface area contributed by atoms with Crippen molar-refractivity contribution in [2.45, 2.75) is 13.8 Å². The predicted octanol–water partition coefficient (Wildman–Crippen LogP) is 2.04. The Hall–Kier alpha value is -1.29. The summed E-state index contributed by atoms with van der Waals surface area (Å²) in [4.78, 5) is 21.3. The summed E-state index contributed by atoms with van der Waals surface area (Å²) < 4.78 is 9.07. The molecule has 0 aliphatic heterocycles. The number of carbonyl (C=O) groups excluding carboxylic acids is 2. The molecule has 0 aliphatic carbocycles. The van der Waals surface area contributed by atoms with E-state index in [0.29, 0.717) is 13.2 Å². The fourth-order valence-electron chi connectivity index (χ4n) is 0.517. The van der Waals surface area contributed by atoms with Gasteiger partial charge in [-0.15, -0.1) is 0 Å². The van der Waals surface area contributed by atoms with Crippen LogP contribution in [-0.2, 0) is 19.1 Å². The summed E-state index contributed by atoms with van der Waals surface area (Å²) in [5, 5.41) is 0. The van der Waals surface area contributed by atoms with Gasteiger partial charge in [0.15, 0.2) is 0 Å². The van der Waals surface area contributed by atoms with E-state index in [-0.39, 0.29) is 0 Å². The lowest BCUT2D eigenvalue weighted by atomic mass is 10.5. The standard InChI is InChI=1S/C8H12O4.C2H3Cl/c1-3-11-7(9)5-6-8(10)12-4-2;1-2-3/h5-6H,3-4H2,1-2H3;2H,1H2/b6-5+;. The van der Waals surface area contributed by atoms with Gasteiger partial charge in [-0.3, -0.25) is 0 Å². The first-order chi connectivity index (χ1) is 7.12. The molecular weight excluding hydrogens is 220 g/mol. The topological polar surface area (TPSA) is 52.6 Å². The first-order valence-corrected chi connectivity index (χ1v) is 4.78. The van der Waals surface area contributed by atoms with Crippen LogP contribution in [-0.4, -0.2) is 25.2 Å². The molecule has 5 heteroatoms. The SMILES string of the molecule is C=CCl.CCOC(=O)/C=C/C(=O)OCC. The van der Waals surface area contributed by atoms with Crippen molar-refractivity contribution in [1.82, 2.24) is 0 Å². The highest BCUT2D eigenvalue weighted by Gasteiger charge is 1.97. The van der Waals surface area contributed by atoms with Crippen LogP contribution in [0.1, 0.15) is 13.8 Å². The van der Waals surface area contributed by atoms with Crippen LogP contribution in [0.15, 0.2) is 24.3 Å². The predicted molar refractivity (Wildman–Crippen MR) is 58.5 cm³/mol. The summed E-state index contributed by atoms with van der Waals surface area (Å²) in [6, 6.07) is 0. The van der Waals surface area contributed by atoms with Crippen molar-refractivity contribution in [3.8, 4) is 0 Å². The monoisotopic (exact) mass is 234 g/mol. The smallest absolute Gasteiger partial charge is 0.330 e. The zero-order chi connectivity index (χ0) is 12.1. The van der Waals surface area contributed by atoms with E-state index >= 15 is 0 Å². The van der Waals surface area contributed by atoms with Gasteiger partial charge < -0.3 is 9.47 Å². The zero-order valence-electron chi connectivity index (χ0n) is 8.86. The maximum atomic E-state index is 10.6. The van der Waals surface area contributed by atoms with Gasteiger partial charge in [-0.1, -0.05) is 18.2 Å². The second kappa shape index (κ2) is 12.7. The fraction of sp³-hybridized carbons (Fsp3) is 0.400. The average Bonchev–Trinajstić information content (AvgIpc) is 2.17. The van der Waals surface area contributed by atoms with Crippen LogP contribution in [0.25, 0.3) is 0 Å². The van der Waals surface area contributed by atoms with Gasteiger partial charge in [0, 0.05) is 12.2 Å². The zero-order valence-corrected chi connectivity index (χ0v) is 9.62. The molecular formula is C10H15ClO4. The molecule has 0 spiro atoms. The fourth-order valence-corrected chi connectivity index (χ4v) is 0.517. The molecule has 0 fully saturated rings. The van der Waals surface area contributed by atoms with E-state index in [1.165, 1.54) is 5.54 Å². The van der Waals surface area contributed by atoms with Crippen molar-refractivity contribution in [3.63, 3.8) is 0 Å². The van der Waals surface area contributed by atoms with Gasteiger partial charge in [0.25, 0.3) is 0 Å². The Balaban J connectivity index is 0. The molecule has 0 atom stereocenters. The van der Waals surface area contributed by atoms with E-state index in [1.54, 1.807) is 13.8 Å². The molecule has 0 saturated carbocycles. The maximum absolute atomic E-state index is 10.6. The van der Waals surface area contributed by atoms with E-state index < -0.39 is 11.9 Å². The van der Waals surface area contributed by atoms with Crippen LogP contribution in [0.2, 0.25) is 0 Å². The van der Waals surface area contributed by atoms with Crippen molar-refractivity contribution in [2.24, 2.45) is 0 Å². The Bertz CT molecular complexity index is 203. The van der Waals surface area contributed by atoms with Crippen LogP contribution in [0.3, 0.4) is 0 Å². The first kappa shape index (κ1) is 16.2. The summed E-state index contributed by atoms with van der Waals surface area (Å²) in [5.74, 6) is -1.07. The van der Waals surface area contributed by atoms with Crippen LogP contribution >= 0.6 is 11.6 Å². The van der Waals surface area contributed by atoms with Gasteiger partial charge in [0.1, 0.15) is 0 Å². The quantitative estimate of drug-likeness (QED) is 0.552. The minimum atomic E-state index is -0.537. The van der Waals surface area contributed by atoms with Gasteiger partial charge >= 0.3 is 11.9 Å². The molecule has 0 N–H and O–H groups in total. The minimum absolute atomic E-state index is 0.298. The number of halogens is 1. The highest BCUT2D eigenvalue weighted by Crippen LogP contribution is 1.84. The average molecular weight is 235 g/mol. The number of hydrogen-bond acceptors (Lipinski definition) is 4. The van der Waals surface area contributed by atoms with E-state index in [9.17, 15) is 9.59 Å². The molecule has 0 aliphatic rings. The molecule has 15 heavy (non-hydrogen) atoms. The second-order valence-corrected chi connectivity index (χ2v) is 2.30. The third kappa shape index (κ3) is 15.5. The molecule has 0 aromatic heterocycles. The van der Waals surface area contributed by atoms with Crippen LogP contribution in [0, 0.1) is 0 Å². The maximum Gasteiger partial charge on any atom is 0.330 e. The molecule has 0 saturated heterocycles. The van der Waals surface area contributed by atoms with Crippen molar-refractivity contribution in [1.29, 1.82) is 0 Å². The van der Waals surface area contributed by atoms with Gasteiger partial charge in [0.2, 0.25) is 0 Å². The third-order valence-electron chi connectivity index (χ3n) is 0.929. The molecule has 4 nitrogen and oxygen atoms in total. The van der Waals surface area contributed by atoms with Gasteiger partial charge in [-0.05, 0) is 19.4 Å². The number of hydrogen-bond donors (Lipinski definition) is 0. The van der Waals surface area contributed by atoms with Crippen molar-refractivity contribution in [2.75, 3.05) is 13.2 Å². The van der Waals surface area contributed by atoms with E-state index in [2.05, 4.69) is 16.1 Å². The summed E-state index contributed by atoms with van der Waals surface area (Å²) in [7, 11) is 0. The number of esters is 2. The largest absolute Gasteiger partial charge is 0.463 e. The van der Waals surface area contributed by atoms with Crippen LogP contribution < -0.4 is 0 Å². The van der Waals surface area contributed by atoms with E-state index in [0.717, 1.165) is 12.2 Å².